The standard InChI is InChI=1S/C14H22O8/c1-3-11(17)21-8-14(13(19)20,7-5-6-10(15)16)9-22-12(18)4-2/h3-9H2,1-2H3,(H,15,16)(H,19,20). The Morgan fingerprint density at radius 2 is 1.36 bits per heavy atom. The Kier molecular flexibility index (Phi) is 8.81. The molecule has 0 rings (SSSR count). The maximum atomic E-state index is 11.6. The van der Waals surface area contributed by atoms with Gasteiger partial charge in [0.05, 0.1) is 0 Å². The van der Waals surface area contributed by atoms with Crippen molar-refractivity contribution in [3.05, 3.63) is 0 Å². The molecule has 126 valence electrons. The summed E-state index contributed by atoms with van der Waals surface area (Å²) in [6.45, 7) is 2.19. The third-order valence-corrected chi connectivity index (χ3v) is 3.10. The Hall–Kier alpha value is -2.12. The summed E-state index contributed by atoms with van der Waals surface area (Å²) in [4.78, 5) is 44.6. The molecule has 0 bridgehead atoms. The molecule has 0 aromatic rings. The number of hydrogen-bond donors (Lipinski definition) is 2. The minimum atomic E-state index is -1.63. The van der Waals surface area contributed by atoms with E-state index in [0.29, 0.717) is 0 Å². The van der Waals surface area contributed by atoms with Crippen LogP contribution in [0.3, 0.4) is 0 Å². The molecule has 0 aliphatic rings. The van der Waals surface area contributed by atoms with Crippen LogP contribution in [0, 0.1) is 5.41 Å². The van der Waals surface area contributed by atoms with Gasteiger partial charge in [0.15, 0.2) is 0 Å². The Labute approximate surface area is 128 Å². The van der Waals surface area contributed by atoms with Crippen LogP contribution in [0.25, 0.3) is 0 Å². The van der Waals surface area contributed by atoms with E-state index in [1.165, 1.54) is 0 Å². The number of esters is 2. The fraction of sp³-hybridized carbons (Fsp3) is 0.714. The molecule has 0 spiro atoms. The van der Waals surface area contributed by atoms with Crippen molar-refractivity contribution in [3.8, 4) is 0 Å². The summed E-state index contributed by atoms with van der Waals surface area (Å²) in [5.41, 5.74) is -1.63. The van der Waals surface area contributed by atoms with Crippen molar-refractivity contribution < 1.29 is 38.9 Å². The molecule has 0 aliphatic carbocycles. The van der Waals surface area contributed by atoms with Crippen LogP contribution in [-0.4, -0.2) is 47.3 Å². The molecule has 0 fully saturated rings. The van der Waals surface area contributed by atoms with Gasteiger partial charge in [0, 0.05) is 19.3 Å². The number of carbonyl (C=O) groups is 4. The maximum Gasteiger partial charge on any atom is 0.316 e. The van der Waals surface area contributed by atoms with E-state index in [0.717, 1.165) is 0 Å². The molecule has 8 nitrogen and oxygen atoms in total. The molecule has 0 radical (unpaired) electrons. The smallest absolute Gasteiger partial charge is 0.316 e. The van der Waals surface area contributed by atoms with Gasteiger partial charge in [0.25, 0.3) is 0 Å². The van der Waals surface area contributed by atoms with Gasteiger partial charge < -0.3 is 19.7 Å². The predicted octanol–water partition coefficient (Wildman–Crippen LogP) is 1.22. The maximum absolute atomic E-state index is 11.6. The second-order valence-corrected chi connectivity index (χ2v) is 4.86. The molecule has 0 aromatic carbocycles. The summed E-state index contributed by atoms with van der Waals surface area (Å²) in [6, 6.07) is 0. The number of carbonyl (C=O) groups excluding carboxylic acids is 2. The summed E-state index contributed by atoms with van der Waals surface area (Å²) < 4.78 is 9.77. The number of rotatable bonds is 11. The highest BCUT2D eigenvalue weighted by Crippen LogP contribution is 2.27. The molecule has 0 aromatic heterocycles. The van der Waals surface area contributed by atoms with E-state index < -0.39 is 42.5 Å². The van der Waals surface area contributed by atoms with Crippen molar-refractivity contribution in [2.75, 3.05) is 13.2 Å². The van der Waals surface area contributed by atoms with Gasteiger partial charge >= 0.3 is 23.9 Å². The first-order chi connectivity index (χ1) is 10.3. The van der Waals surface area contributed by atoms with Gasteiger partial charge in [-0.2, -0.15) is 0 Å². The number of carboxylic acid groups (broad SMARTS) is 2. The average molecular weight is 318 g/mol. The zero-order chi connectivity index (χ0) is 17.2. The van der Waals surface area contributed by atoms with Crippen LogP contribution in [0.5, 0.6) is 0 Å². The predicted molar refractivity (Wildman–Crippen MR) is 74.1 cm³/mol. The van der Waals surface area contributed by atoms with Crippen LogP contribution < -0.4 is 0 Å². The Bertz CT molecular complexity index is 395. The summed E-state index contributed by atoms with van der Waals surface area (Å²) in [5.74, 6) is -3.52. The van der Waals surface area contributed by atoms with E-state index in [2.05, 4.69) is 0 Å². The second kappa shape index (κ2) is 9.75. The van der Waals surface area contributed by atoms with Crippen molar-refractivity contribution in [3.63, 3.8) is 0 Å². The van der Waals surface area contributed by atoms with Gasteiger partial charge in [0.1, 0.15) is 18.6 Å². The summed E-state index contributed by atoms with van der Waals surface area (Å²) in [7, 11) is 0. The fourth-order valence-electron chi connectivity index (χ4n) is 1.64. The van der Waals surface area contributed by atoms with Crippen molar-refractivity contribution in [1.82, 2.24) is 0 Å². The molecule has 8 heteroatoms. The van der Waals surface area contributed by atoms with Crippen molar-refractivity contribution >= 4 is 23.9 Å². The first kappa shape index (κ1) is 19.9. The van der Waals surface area contributed by atoms with Crippen molar-refractivity contribution in [2.24, 2.45) is 5.41 Å². The highest BCUT2D eigenvalue weighted by molar-refractivity contribution is 5.77. The third-order valence-electron chi connectivity index (χ3n) is 3.10. The number of hydrogen-bond acceptors (Lipinski definition) is 6. The minimum absolute atomic E-state index is 0.0645. The number of aliphatic carboxylic acids is 2. The second-order valence-electron chi connectivity index (χ2n) is 4.86. The van der Waals surface area contributed by atoms with E-state index in [1.807, 2.05) is 0 Å². The third kappa shape index (κ3) is 7.05. The van der Waals surface area contributed by atoms with Gasteiger partial charge in [0.2, 0.25) is 0 Å². The fourth-order valence-corrected chi connectivity index (χ4v) is 1.64. The lowest BCUT2D eigenvalue weighted by atomic mass is 9.84. The summed E-state index contributed by atoms with van der Waals surface area (Å²) >= 11 is 0. The molecular formula is C14H22O8. The van der Waals surface area contributed by atoms with Gasteiger partial charge in [-0.25, -0.2) is 0 Å². The van der Waals surface area contributed by atoms with Gasteiger partial charge in [-0.15, -0.1) is 0 Å². The largest absolute Gasteiger partial charge is 0.481 e. The minimum Gasteiger partial charge on any atom is -0.481 e. The average Bonchev–Trinajstić information content (AvgIpc) is 2.47. The summed E-state index contributed by atoms with van der Waals surface area (Å²) in [6.07, 6.45) is -0.0742. The molecule has 2 N–H and O–H groups in total. The Morgan fingerprint density at radius 1 is 0.909 bits per heavy atom. The topological polar surface area (TPSA) is 127 Å². The molecule has 0 aliphatic heterocycles. The van der Waals surface area contributed by atoms with Crippen molar-refractivity contribution in [2.45, 2.75) is 46.0 Å². The summed E-state index contributed by atoms with van der Waals surface area (Å²) in [5, 5.41) is 18.1. The quantitative estimate of drug-likeness (QED) is 0.544. The SMILES string of the molecule is CCC(=O)OCC(CCCC(=O)O)(COC(=O)CC)C(=O)O. The zero-order valence-electron chi connectivity index (χ0n) is 12.8. The van der Waals surface area contributed by atoms with Crippen LogP contribution in [0.4, 0.5) is 0 Å². The molecular weight excluding hydrogens is 296 g/mol. The van der Waals surface area contributed by atoms with E-state index in [9.17, 15) is 24.3 Å². The van der Waals surface area contributed by atoms with E-state index >= 15 is 0 Å². The zero-order valence-corrected chi connectivity index (χ0v) is 12.8. The highest BCUT2D eigenvalue weighted by Gasteiger charge is 2.41. The normalized spacial score (nSPS) is 10.8. The van der Waals surface area contributed by atoms with Crippen LogP contribution in [0.2, 0.25) is 0 Å². The lowest BCUT2D eigenvalue weighted by Crippen LogP contribution is -2.42. The molecule has 0 unspecified atom stereocenters. The number of carboxylic acids is 2. The van der Waals surface area contributed by atoms with Crippen LogP contribution in [0.1, 0.15) is 46.0 Å². The molecule has 0 saturated carbocycles. The Morgan fingerprint density at radius 3 is 1.68 bits per heavy atom. The molecule has 0 atom stereocenters. The van der Waals surface area contributed by atoms with E-state index in [-0.39, 0.29) is 32.1 Å². The van der Waals surface area contributed by atoms with E-state index in [1.54, 1.807) is 13.8 Å². The number of ether oxygens (including phenoxy) is 2. The molecule has 0 amide bonds. The van der Waals surface area contributed by atoms with Gasteiger partial charge in [-0.3, -0.25) is 19.2 Å². The van der Waals surface area contributed by atoms with Crippen LogP contribution in [0.15, 0.2) is 0 Å². The van der Waals surface area contributed by atoms with Gasteiger partial charge in [-0.05, 0) is 12.8 Å². The van der Waals surface area contributed by atoms with Crippen LogP contribution in [-0.2, 0) is 28.7 Å². The van der Waals surface area contributed by atoms with Crippen LogP contribution >= 0.6 is 0 Å². The Balaban J connectivity index is 4.98. The lowest BCUT2D eigenvalue weighted by Gasteiger charge is -2.28. The lowest BCUT2D eigenvalue weighted by molar-refractivity contribution is -0.168. The van der Waals surface area contributed by atoms with Gasteiger partial charge in [-0.1, -0.05) is 13.8 Å². The molecule has 0 heterocycles. The van der Waals surface area contributed by atoms with E-state index in [4.69, 9.17) is 14.6 Å². The monoisotopic (exact) mass is 318 g/mol. The first-order valence-electron chi connectivity index (χ1n) is 7.03. The molecule has 0 saturated heterocycles. The highest BCUT2D eigenvalue weighted by atomic mass is 16.6. The molecule has 22 heavy (non-hydrogen) atoms. The first-order valence-corrected chi connectivity index (χ1v) is 7.03. The van der Waals surface area contributed by atoms with Crippen molar-refractivity contribution in [1.29, 1.82) is 0 Å².